The van der Waals surface area contributed by atoms with Gasteiger partial charge in [-0.15, -0.1) is 0 Å². The highest BCUT2D eigenvalue weighted by Crippen LogP contribution is 2.39. The number of hydrazine groups is 1. The molecule has 4 N–H and O–H groups in total. The standard InChI is InChI=1S/C23H38N4O2/c1-21(2,3)15-10-14(11-16(19(15)28)22(4,5)6)13-24-27-20(29)17-12-18(26-25-17)23(7,8)9/h10-11,13,17-18,25-26,28H,12H2,1-9H3,(H,27,29)/b24-13+. The van der Waals surface area contributed by atoms with E-state index in [1.165, 1.54) is 0 Å². The number of carbonyl (C=O) groups excluding carboxylic acids is 1. The first-order valence-corrected chi connectivity index (χ1v) is 10.3. The third-order valence-electron chi connectivity index (χ3n) is 5.40. The van der Waals surface area contributed by atoms with Crippen LogP contribution in [0.5, 0.6) is 5.75 Å². The third-order valence-corrected chi connectivity index (χ3v) is 5.40. The number of hydrazone groups is 1. The van der Waals surface area contributed by atoms with Gasteiger partial charge in [-0.2, -0.15) is 5.10 Å². The summed E-state index contributed by atoms with van der Waals surface area (Å²) in [5.41, 5.74) is 11.1. The average molecular weight is 403 g/mol. The Morgan fingerprint density at radius 1 is 1.03 bits per heavy atom. The SMILES string of the molecule is CC(C)(C)c1cc(/C=N/NC(=O)C2CC(C(C)(C)C)NN2)cc(C(C)(C)C)c1O. The smallest absolute Gasteiger partial charge is 0.258 e. The van der Waals surface area contributed by atoms with Crippen LogP contribution < -0.4 is 16.3 Å². The van der Waals surface area contributed by atoms with Crippen molar-refractivity contribution in [3.05, 3.63) is 28.8 Å². The fourth-order valence-electron chi connectivity index (χ4n) is 3.42. The molecule has 2 unspecified atom stereocenters. The maximum atomic E-state index is 12.4. The lowest BCUT2D eigenvalue weighted by Crippen LogP contribution is -2.43. The molecule has 162 valence electrons. The van der Waals surface area contributed by atoms with E-state index in [4.69, 9.17) is 0 Å². The molecule has 0 saturated carbocycles. The Balaban J connectivity index is 2.17. The summed E-state index contributed by atoms with van der Waals surface area (Å²) in [5.74, 6) is 0.173. The zero-order valence-electron chi connectivity index (χ0n) is 19.4. The van der Waals surface area contributed by atoms with Crippen LogP contribution in [0.2, 0.25) is 0 Å². The lowest BCUT2D eigenvalue weighted by atomic mass is 9.78. The highest BCUT2D eigenvalue weighted by Gasteiger charge is 2.35. The molecule has 0 aliphatic carbocycles. The number of hydrogen-bond donors (Lipinski definition) is 4. The Bertz CT molecular complexity index is 745. The van der Waals surface area contributed by atoms with Gasteiger partial charge in [0, 0.05) is 17.2 Å². The Morgan fingerprint density at radius 2 is 1.55 bits per heavy atom. The molecule has 1 aromatic rings. The van der Waals surface area contributed by atoms with Gasteiger partial charge in [-0.05, 0) is 40.4 Å². The van der Waals surface area contributed by atoms with Gasteiger partial charge in [0.25, 0.3) is 5.91 Å². The van der Waals surface area contributed by atoms with Crippen LogP contribution in [0.3, 0.4) is 0 Å². The van der Waals surface area contributed by atoms with Crippen molar-refractivity contribution in [1.82, 2.24) is 16.3 Å². The molecule has 0 spiro atoms. The molecule has 0 aromatic heterocycles. The van der Waals surface area contributed by atoms with E-state index in [1.807, 2.05) is 12.1 Å². The van der Waals surface area contributed by atoms with E-state index in [-0.39, 0.29) is 34.2 Å². The predicted molar refractivity (Wildman–Crippen MR) is 119 cm³/mol. The fourth-order valence-corrected chi connectivity index (χ4v) is 3.42. The predicted octanol–water partition coefficient (Wildman–Crippen LogP) is 3.72. The summed E-state index contributed by atoms with van der Waals surface area (Å²) in [5, 5.41) is 15.0. The number of hydrogen-bond acceptors (Lipinski definition) is 5. The van der Waals surface area contributed by atoms with Crippen LogP contribution in [-0.4, -0.2) is 29.3 Å². The van der Waals surface area contributed by atoms with E-state index in [2.05, 4.69) is 83.7 Å². The van der Waals surface area contributed by atoms with Gasteiger partial charge in [-0.25, -0.2) is 10.9 Å². The number of phenolic OH excluding ortho intramolecular Hbond substituents is 1. The maximum Gasteiger partial charge on any atom is 0.258 e. The van der Waals surface area contributed by atoms with Gasteiger partial charge in [-0.1, -0.05) is 62.3 Å². The van der Waals surface area contributed by atoms with Crippen molar-refractivity contribution in [3.8, 4) is 5.75 Å². The van der Waals surface area contributed by atoms with Gasteiger partial charge in [0.05, 0.1) is 6.21 Å². The number of benzene rings is 1. The topological polar surface area (TPSA) is 85.8 Å². The van der Waals surface area contributed by atoms with Crippen LogP contribution in [0.4, 0.5) is 0 Å². The van der Waals surface area contributed by atoms with E-state index in [0.717, 1.165) is 16.7 Å². The first-order chi connectivity index (χ1) is 13.1. The van der Waals surface area contributed by atoms with Crippen molar-refractivity contribution in [2.24, 2.45) is 10.5 Å². The Morgan fingerprint density at radius 3 is 1.97 bits per heavy atom. The number of amides is 1. The van der Waals surface area contributed by atoms with E-state index in [1.54, 1.807) is 6.21 Å². The minimum Gasteiger partial charge on any atom is -0.507 e. The van der Waals surface area contributed by atoms with Crippen molar-refractivity contribution >= 4 is 12.1 Å². The van der Waals surface area contributed by atoms with Crippen molar-refractivity contribution < 1.29 is 9.90 Å². The zero-order valence-corrected chi connectivity index (χ0v) is 19.4. The highest BCUT2D eigenvalue weighted by molar-refractivity contribution is 5.85. The van der Waals surface area contributed by atoms with E-state index in [0.29, 0.717) is 12.2 Å². The van der Waals surface area contributed by atoms with Crippen molar-refractivity contribution in [2.75, 3.05) is 0 Å². The number of carbonyl (C=O) groups is 1. The lowest BCUT2D eigenvalue weighted by molar-refractivity contribution is -0.122. The van der Waals surface area contributed by atoms with E-state index < -0.39 is 0 Å². The normalized spacial score (nSPS) is 21.0. The van der Waals surface area contributed by atoms with Crippen molar-refractivity contribution in [1.29, 1.82) is 0 Å². The first kappa shape index (κ1) is 23.4. The minimum absolute atomic E-state index is 0.0735. The van der Waals surface area contributed by atoms with Gasteiger partial charge in [0.2, 0.25) is 0 Å². The Kier molecular flexibility index (Phi) is 6.50. The summed E-state index contributed by atoms with van der Waals surface area (Å²) in [6.07, 6.45) is 2.36. The van der Waals surface area contributed by atoms with Gasteiger partial charge in [-0.3, -0.25) is 10.2 Å². The summed E-state index contributed by atoms with van der Waals surface area (Å²) in [7, 11) is 0. The average Bonchev–Trinajstić information content (AvgIpc) is 3.04. The molecule has 1 aliphatic rings. The minimum atomic E-state index is -0.313. The Labute approximate surface area is 175 Å². The summed E-state index contributed by atoms with van der Waals surface area (Å²) in [4.78, 5) is 12.4. The zero-order chi connectivity index (χ0) is 22.2. The second-order valence-electron chi connectivity index (χ2n) is 11.2. The second-order valence-corrected chi connectivity index (χ2v) is 11.2. The molecule has 1 heterocycles. The molecule has 6 heteroatoms. The summed E-state index contributed by atoms with van der Waals surface area (Å²) in [6, 6.07) is 3.78. The number of aromatic hydroxyl groups is 1. The van der Waals surface area contributed by atoms with E-state index in [9.17, 15) is 9.90 Å². The Hall–Kier alpha value is -1.92. The molecule has 2 rings (SSSR count). The van der Waals surface area contributed by atoms with Gasteiger partial charge in [0.15, 0.2) is 0 Å². The summed E-state index contributed by atoms with van der Waals surface area (Å²) >= 11 is 0. The molecule has 6 nitrogen and oxygen atoms in total. The van der Waals surface area contributed by atoms with Crippen LogP contribution in [-0.2, 0) is 15.6 Å². The number of rotatable bonds is 3. The van der Waals surface area contributed by atoms with Crippen LogP contribution >= 0.6 is 0 Å². The summed E-state index contributed by atoms with van der Waals surface area (Å²) < 4.78 is 0. The second kappa shape index (κ2) is 8.07. The van der Waals surface area contributed by atoms with Crippen LogP contribution in [0.15, 0.2) is 17.2 Å². The number of phenols is 1. The molecule has 29 heavy (non-hydrogen) atoms. The maximum absolute atomic E-state index is 12.4. The molecule has 1 saturated heterocycles. The van der Waals surface area contributed by atoms with Gasteiger partial charge in [0.1, 0.15) is 11.8 Å². The van der Waals surface area contributed by atoms with Crippen molar-refractivity contribution in [2.45, 2.75) is 91.6 Å². The molecular formula is C23H38N4O2. The molecule has 1 amide bonds. The first-order valence-electron chi connectivity index (χ1n) is 10.3. The molecular weight excluding hydrogens is 364 g/mol. The highest BCUT2D eigenvalue weighted by atomic mass is 16.3. The van der Waals surface area contributed by atoms with Crippen LogP contribution in [0.25, 0.3) is 0 Å². The molecule has 2 atom stereocenters. The molecule has 0 bridgehead atoms. The third kappa shape index (κ3) is 5.80. The van der Waals surface area contributed by atoms with Crippen LogP contribution in [0, 0.1) is 5.41 Å². The van der Waals surface area contributed by atoms with Crippen molar-refractivity contribution in [3.63, 3.8) is 0 Å². The molecule has 1 fully saturated rings. The monoisotopic (exact) mass is 402 g/mol. The fraction of sp³-hybridized carbons (Fsp3) is 0.652. The van der Waals surface area contributed by atoms with Gasteiger partial charge < -0.3 is 5.11 Å². The largest absolute Gasteiger partial charge is 0.507 e. The van der Waals surface area contributed by atoms with E-state index >= 15 is 0 Å². The van der Waals surface area contributed by atoms with Gasteiger partial charge >= 0.3 is 0 Å². The molecule has 1 aliphatic heterocycles. The summed E-state index contributed by atoms with van der Waals surface area (Å²) in [6.45, 7) is 18.9. The molecule has 1 aromatic carbocycles. The number of nitrogens with zero attached hydrogens (tertiary/aromatic N) is 1. The van der Waals surface area contributed by atoms with Crippen LogP contribution in [0.1, 0.15) is 85.4 Å². The molecule has 0 radical (unpaired) electrons. The quantitative estimate of drug-likeness (QED) is 0.458. The lowest BCUT2D eigenvalue weighted by Gasteiger charge is -2.27. The number of nitrogens with one attached hydrogen (secondary N) is 3.